The van der Waals surface area contributed by atoms with Gasteiger partial charge in [-0.1, -0.05) is 36.4 Å². The molecule has 0 radical (unpaired) electrons. The van der Waals surface area contributed by atoms with E-state index in [2.05, 4.69) is 15.4 Å². The van der Waals surface area contributed by atoms with E-state index in [1.165, 1.54) is 18.3 Å². The summed E-state index contributed by atoms with van der Waals surface area (Å²) in [6, 6.07) is 20.2. The maximum atomic E-state index is 12.8. The summed E-state index contributed by atoms with van der Waals surface area (Å²) in [6.45, 7) is 3.81. The maximum absolute atomic E-state index is 12.8. The number of esters is 1. The molecule has 0 saturated heterocycles. The number of amides is 1. The second-order valence-electron chi connectivity index (χ2n) is 6.95. The lowest BCUT2D eigenvalue weighted by Crippen LogP contribution is -2.30. The number of aromatic nitrogens is 3. The van der Waals surface area contributed by atoms with E-state index in [4.69, 9.17) is 9.47 Å². The molecule has 0 aliphatic heterocycles. The molecular weight excluding hydrogens is 440 g/mol. The highest BCUT2D eigenvalue weighted by Crippen LogP contribution is 2.26. The Morgan fingerprint density at radius 1 is 1.06 bits per heavy atom. The predicted molar refractivity (Wildman–Crippen MR) is 126 cm³/mol. The van der Waals surface area contributed by atoms with Crippen LogP contribution in [0.1, 0.15) is 24.5 Å². The Labute approximate surface area is 194 Å². The molecule has 1 N–H and O–H groups in total. The van der Waals surface area contributed by atoms with Gasteiger partial charge in [0.2, 0.25) is 0 Å². The molecule has 0 bridgehead atoms. The molecule has 168 valence electrons. The number of rotatable bonds is 8. The molecule has 8 nitrogen and oxygen atoms in total. The number of para-hydroxylation sites is 3. The lowest BCUT2D eigenvalue weighted by Gasteiger charge is -2.15. The van der Waals surface area contributed by atoms with Gasteiger partial charge in [-0.2, -0.15) is 4.98 Å². The van der Waals surface area contributed by atoms with Gasteiger partial charge in [0.05, 0.1) is 22.9 Å². The molecule has 0 saturated carbocycles. The maximum Gasteiger partial charge on any atom is 0.379 e. The van der Waals surface area contributed by atoms with Crippen molar-refractivity contribution in [3.63, 3.8) is 0 Å². The first-order valence-electron chi connectivity index (χ1n) is 10.4. The van der Waals surface area contributed by atoms with E-state index in [9.17, 15) is 9.59 Å². The molecule has 4 aromatic rings. The Bertz CT molecular complexity index is 1240. The quantitative estimate of drug-likeness (QED) is 0.385. The zero-order valence-corrected chi connectivity index (χ0v) is 18.9. The molecule has 2 aromatic carbocycles. The Hall–Kier alpha value is -3.98. The van der Waals surface area contributed by atoms with E-state index in [1.54, 1.807) is 22.9 Å². The third-order valence-corrected chi connectivity index (χ3v) is 5.50. The van der Waals surface area contributed by atoms with Gasteiger partial charge < -0.3 is 14.8 Å². The minimum atomic E-state index is -1.07. The van der Waals surface area contributed by atoms with E-state index in [1.807, 2.05) is 60.8 Å². The molecule has 1 unspecified atom stereocenters. The number of carbonyl (C=O) groups is 2. The minimum Gasteiger partial charge on any atom is -0.492 e. The molecule has 0 spiro atoms. The van der Waals surface area contributed by atoms with Crippen LogP contribution in [0.15, 0.2) is 72.1 Å². The molecule has 0 fully saturated rings. The molecule has 1 amide bonds. The molecule has 0 aliphatic carbocycles. The number of thiophene rings is 1. The minimum absolute atomic E-state index is 0.128. The third-order valence-electron chi connectivity index (χ3n) is 4.63. The predicted octanol–water partition coefficient (Wildman–Crippen LogP) is 4.58. The van der Waals surface area contributed by atoms with Crippen LogP contribution in [0.25, 0.3) is 16.4 Å². The van der Waals surface area contributed by atoms with Crippen LogP contribution in [0.5, 0.6) is 5.75 Å². The van der Waals surface area contributed by atoms with Crippen LogP contribution in [0.4, 0.5) is 5.69 Å². The highest BCUT2D eigenvalue weighted by atomic mass is 32.1. The van der Waals surface area contributed by atoms with Crippen molar-refractivity contribution in [2.45, 2.75) is 20.0 Å². The number of anilines is 1. The third kappa shape index (κ3) is 5.09. The average Bonchev–Trinajstić information content (AvgIpc) is 3.51. The smallest absolute Gasteiger partial charge is 0.379 e. The van der Waals surface area contributed by atoms with Crippen LogP contribution >= 0.6 is 11.3 Å². The van der Waals surface area contributed by atoms with Crippen molar-refractivity contribution in [3.8, 4) is 22.1 Å². The van der Waals surface area contributed by atoms with Gasteiger partial charge in [0.1, 0.15) is 5.75 Å². The van der Waals surface area contributed by atoms with Crippen molar-refractivity contribution >= 4 is 28.9 Å². The lowest BCUT2D eigenvalue weighted by molar-refractivity contribution is -0.123. The normalized spacial score (nSPS) is 11.6. The second kappa shape index (κ2) is 10.1. The van der Waals surface area contributed by atoms with Crippen LogP contribution in [0, 0.1) is 0 Å². The topological polar surface area (TPSA) is 95.3 Å². The molecule has 33 heavy (non-hydrogen) atoms. The number of nitrogens with one attached hydrogen (secondary N) is 1. The summed E-state index contributed by atoms with van der Waals surface area (Å²) in [5.74, 6) is -0.349. The molecule has 4 rings (SSSR count). The van der Waals surface area contributed by atoms with Crippen molar-refractivity contribution in [2.75, 3.05) is 11.9 Å². The summed E-state index contributed by atoms with van der Waals surface area (Å²) in [4.78, 5) is 30.7. The second-order valence-corrected chi connectivity index (χ2v) is 7.90. The van der Waals surface area contributed by atoms with Crippen LogP contribution in [-0.2, 0) is 9.53 Å². The lowest BCUT2D eigenvalue weighted by atomic mass is 10.2. The average molecular weight is 463 g/mol. The van der Waals surface area contributed by atoms with Gasteiger partial charge in [0.25, 0.3) is 11.7 Å². The fourth-order valence-electron chi connectivity index (χ4n) is 3.07. The molecule has 9 heteroatoms. The van der Waals surface area contributed by atoms with Crippen molar-refractivity contribution in [1.29, 1.82) is 0 Å². The molecule has 2 heterocycles. The molecule has 1 atom stereocenters. The summed E-state index contributed by atoms with van der Waals surface area (Å²) in [5, 5.41) is 9.01. The van der Waals surface area contributed by atoms with Gasteiger partial charge in [-0.3, -0.25) is 4.79 Å². The van der Waals surface area contributed by atoms with Gasteiger partial charge in [-0.25, -0.2) is 9.48 Å². The summed E-state index contributed by atoms with van der Waals surface area (Å²) >= 11 is 1.48. The fraction of sp³-hybridized carbons (Fsp3) is 0.167. The van der Waals surface area contributed by atoms with Gasteiger partial charge in [-0.05, 0) is 49.6 Å². The Morgan fingerprint density at radius 2 is 1.82 bits per heavy atom. The van der Waals surface area contributed by atoms with E-state index >= 15 is 0 Å². The van der Waals surface area contributed by atoms with Crippen LogP contribution in [-0.4, -0.2) is 39.4 Å². The summed E-state index contributed by atoms with van der Waals surface area (Å²) in [6.07, 6.45) is -1.07. The fourth-order valence-corrected chi connectivity index (χ4v) is 3.76. The standard InChI is InChI=1S/C24H22N4O4S/c1-3-31-19-13-8-7-12-18(19)25-23(29)16(2)32-24(30)21-26-22(20-14-9-15-33-20)28(27-21)17-10-5-4-6-11-17/h4-16H,3H2,1-2H3,(H,25,29). The monoisotopic (exact) mass is 462 g/mol. The zero-order valence-electron chi connectivity index (χ0n) is 18.1. The van der Waals surface area contributed by atoms with E-state index in [0.29, 0.717) is 23.9 Å². The van der Waals surface area contributed by atoms with Crippen molar-refractivity contribution < 1.29 is 19.1 Å². The van der Waals surface area contributed by atoms with Gasteiger partial charge >= 0.3 is 5.97 Å². The van der Waals surface area contributed by atoms with Crippen LogP contribution in [0.3, 0.4) is 0 Å². The zero-order chi connectivity index (χ0) is 23.2. The molecule has 2 aromatic heterocycles. The molecule has 0 aliphatic rings. The van der Waals surface area contributed by atoms with Gasteiger partial charge in [0, 0.05) is 0 Å². The first kappa shape index (κ1) is 22.2. The van der Waals surface area contributed by atoms with E-state index < -0.39 is 18.0 Å². The van der Waals surface area contributed by atoms with Crippen molar-refractivity contribution in [2.24, 2.45) is 0 Å². The summed E-state index contributed by atoms with van der Waals surface area (Å²) < 4.78 is 12.5. The van der Waals surface area contributed by atoms with Crippen LogP contribution < -0.4 is 10.1 Å². The Balaban J connectivity index is 1.52. The van der Waals surface area contributed by atoms with Crippen molar-refractivity contribution in [1.82, 2.24) is 14.8 Å². The van der Waals surface area contributed by atoms with Gasteiger partial charge in [-0.15, -0.1) is 16.4 Å². The first-order valence-corrected chi connectivity index (χ1v) is 11.2. The first-order chi connectivity index (χ1) is 16.1. The number of hydrogen-bond acceptors (Lipinski definition) is 7. The number of ether oxygens (including phenoxy) is 2. The van der Waals surface area contributed by atoms with Crippen LogP contribution in [0.2, 0.25) is 0 Å². The van der Waals surface area contributed by atoms with E-state index in [0.717, 1.165) is 10.6 Å². The van der Waals surface area contributed by atoms with E-state index in [-0.39, 0.29) is 5.82 Å². The largest absolute Gasteiger partial charge is 0.492 e. The highest BCUT2D eigenvalue weighted by molar-refractivity contribution is 7.13. The number of carbonyl (C=O) groups excluding carboxylic acids is 2. The Kier molecular flexibility index (Phi) is 6.80. The number of nitrogens with zero attached hydrogens (tertiary/aromatic N) is 3. The Morgan fingerprint density at radius 3 is 2.55 bits per heavy atom. The SMILES string of the molecule is CCOc1ccccc1NC(=O)C(C)OC(=O)c1nc(-c2cccs2)n(-c2ccccc2)n1. The van der Waals surface area contributed by atoms with Crippen molar-refractivity contribution in [3.05, 3.63) is 77.9 Å². The van der Waals surface area contributed by atoms with Gasteiger partial charge in [0.15, 0.2) is 11.9 Å². The summed E-state index contributed by atoms with van der Waals surface area (Å²) in [5.41, 5.74) is 1.25. The molecular formula is C24H22N4O4S. The number of benzene rings is 2. The highest BCUT2D eigenvalue weighted by Gasteiger charge is 2.25. The summed E-state index contributed by atoms with van der Waals surface area (Å²) in [7, 11) is 0. The number of hydrogen-bond donors (Lipinski definition) is 1.